The summed E-state index contributed by atoms with van der Waals surface area (Å²) >= 11 is 6.18. The second kappa shape index (κ2) is 7.82. The number of anilines is 1. The van der Waals surface area contributed by atoms with Crippen LogP contribution >= 0.6 is 11.6 Å². The molecule has 146 valence electrons. The van der Waals surface area contributed by atoms with Gasteiger partial charge in [-0.15, -0.1) is 0 Å². The second-order valence-corrected chi connectivity index (χ2v) is 7.56. The molecule has 27 heavy (non-hydrogen) atoms. The predicted molar refractivity (Wildman–Crippen MR) is 105 cm³/mol. The van der Waals surface area contributed by atoms with Gasteiger partial charge >= 0.3 is 0 Å². The average molecular weight is 392 g/mol. The van der Waals surface area contributed by atoms with E-state index in [1.165, 1.54) is 4.90 Å². The van der Waals surface area contributed by atoms with Crippen molar-refractivity contribution in [2.45, 2.75) is 32.9 Å². The van der Waals surface area contributed by atoms with Crippen molar-refractivity contribution in [3.8, 4) is 0 Å². The van der Waals surface area contributed by atoms with Gasteiger partial charge < -0.3 is 15.1 Å². The molecule has 1 N–H and O–H groups in total. The first-order valence-corrected chi connectivity index (χ1v) is 9.37. The van der Waals surface area contributed by atoms with E-state index >= 15 is 0 Å². The van der Waals surface area contributed by atoms with E-state index in [2.05, 4.69) is 25.3 Å². The molecule has 2 aromatic rings. The second-order valence-electron chi connectivity index (χ2n) is 7.16. The Labute approximate surface area is 164 Å². The van der Waals surface area contributed by atoms with E-state index in [0.717, 1.165) is 42.3 Å². The predicted octanol–water partition coefficient (Wildman–Crippen LogP) is 1.55. The molecule has 0 saturated carbocycles. The lowest BCUT2D eigenvalue weighted by molar-refractivity contribution is 0.0815. The average Bonchev–Trinajstić information content (AvgIpc) is 3.21. The molecule has 8 nitrogen and oxygen atoms in total. The van der Waals surface area contributed by atoms with Crippen LogP contribution in [0.5, 0.6) is 0 Å². The highest BCUT2D eigenvalue weighted by Gasteiger charge is 2.27. The number of amides is 1. The summed E-state index contributed by atoms with van der Waals surface area (Å²) in [6.07, 6.45) is 2.66. The Bertz CT molecular complexity index is 829. The Morgan fingerprint density at radius 3 is 2.74 bits per heavy atom. The van der Waals surface area contributed by atoms with Gasteiger partial charge in [0.2, 0.25) is 5.82 Å². The van der Waals surface area contributed by atoms with Gasteiger partial charge in [0.1, 0.15) is 5.82 Å². The van der Waals surface area contributed by atoms with Crippen LogP contribution in [0.2, 0.25) is 5.02 Å². The van der Waals surface area contributed by atoms with Crippen molar-refractivity contribution in [2.75, 3.05) is 32.1 Å². The maximum absolute atomic E-state index is 12.3. The van der Waals surface area contributed by atoms with E-state index in [1.54, 1.807) is 25.0 Å². The van der Waals surface area contributed by atoms with Gasteiger partial charge in [-0.3, -0.25) is 9.48 Å². The van der Waals surface area contributed by atoms with Crippen LogP contribution in [-0.4, -0.2) is 63.8 Å². The molecule has 1 atom stereocenters. The summed E-state index contributed by atoms with van der Waals surface area (Å²) in [5.74, 6) is 0.908. The van der Waals surface area contributed by atoms with Gasteiger partial charge in [-0.2, -0.15) is 5.10 Å². The molecule has 0 aromatic carbocycles. The molecular formula is C18H26ClN7O. The number of aromatic nitrogens is 4. The SMILES string of the molecule is Cc1nc(C(=O)N(C)C)nc(N2CC[C@@H](NCc3c(Cl)cnn3C)C2)c1C. The fourth-order valence-electron chi connectivity index (χ4n) is 3.21. The van der Waals surface area contributed by atoms with Crippen molar-refractivity contribution in [3.63, 3.8) is 0 Å². The highest BCUT2D eigenvalue weighted by Crippen LogP contribution is 2.24. The van der Waals surface area contributed by atoms with Gasteiger partial charge in [0.25, 0.3) is 5.91 Å². The highest BCUT2D eigenvalue weighted by atomic mass is 35.5. The van der Waals surface area contributed by atoms with Crippen molar-refractivity contribution in [2.24, 2.45) is 7.05 Å². The molecule has 0 aliphatic carbocycles. The Hall–Kier alpha value is -2.19. The van der Waals surface area contributed by atoms with Crippen LogP contribution in [0.25, 0.3) is 0 Å². The van der Waals surface area contributed by atoms with E-state index in [-0.39, 0.29) is 11.7 Å². The molecule has 2 aromatic heterocycles. The summed E-state index contributed by atoms with van der Waals surface area (Å²) in [7, 11) is 5.31. The summed E-state index contributed by atoms with van der Waals surface area (Å²) in [6.45, 7) is 6.29. The van der Waals surface area contributed by atoms with Crippen molar-refractivity contribution < 1.29 is 4.79 Å². The fourth-order valence-corrected chi connectivity index (χ4v) is 3.45. The summed E-state index contributed by atoms with van der Waals surface area (Å²) in [6, 6.07) is 0.318. The smallest absolute Gasteiger partial charge is 0.291 e. The summed E-state index contributed by atoms with van der Waals surface area (Å²) in [5, 5.41) is 8.39. The van der Waals surface area contributed by atoms with Crippen molar-refractivity contribution in [1.82, 2.24) is 30.0 Å². The van der Waals surface area contributed by atoms with E-state index in [4.69, 9.17) is 11.6 Å². The zero-order valence-corrected chi connectivity index (χ0v) is 17.2. The molecule has 3 rings (SSSR count). The third-order valence-electron chi connectivity index (χ3n) is 5.02. The zero-order valence-electron chi connectivity index (χ0n) is 16.5. The third kappa shape index (κ3) is 4.06. The first-order chi connectivity index (χ1) is 12.8. The number of aryl methyl sites for hydroxylation is 2. The highest BCUT2D eigenvalue weighted by molar-refractivity contribution is 6.31. The van der Waals surface area contributed by atoms with E-state index in [9.17, 15) is 4.79 Å². The molecule has 0 radical (unpaired) electrons. The molecular weight excluding hydrogens is 366 g/mol. The summed E-state index contributed by atoms with van der Waals surface area (Å²) < 4.78 is 1.79. The van der Waals surface area contributed by atoms with Gasteiger partial charge in [0.15, 0.2) is 0 Å². The van der Waals surface area contributed by atoms with Crippen LogP contribution in [0.1, 0.15) is 34.0 Å². The number of rotatable bonds is 5. The van der Waals surface area contributed by atoms with Crippen LogP contribution in [-0.2, 0) is 13.6 Å². The number of hydrogen-bond acceptors (Lipinski definition) is 6. The van der Waals surface area contributed by atoms with Crippen LogP contribution in [0.3, 0.4) is 0 Å². The van der Waals surface area contributed by atoms with Gasteiger partial charge in [0.05, 0.1) is 16.9 Å². The summed E-state index contributed by atoms with van der Waals surface area (Å²) in [4.78, 5) is 24.9. The van der Waals surface area contributed by atoms with Crippen molar-refractivity contribution >= 4 is 23.3 Å². The Morgan fingerprint density at radius 2 is 2.11 bits per heavy atom. The first kappa shape index (κ1) is 19.6. The fraction of sp³-hybridized carbons (Fsp3) is 0.556. The minimum absolute atomic E-state index is 0.181. The monoisotopic (exact) mass is 391 g/mol. The normalized spacial score (nSPS) is 16.8. The van der Waals surface area contributed by atoms with Gasteiger partial charge in [-0.1, -0.05) is 11.6 Å². The van der Waals surface area contributed by atoms with Crippen LogP contribution < -0.4 is 10.2 Å². The minimum atomic E-state index is -0.181. The van der Waals surface area contributed by atoms with Gasteiger partial charge in [-0.25, -0.2) is 9.97 Å². The number of hydrogen-bond donors (Lipinski definition) is 1. The Morgan fingerprint density at radius 1 is 1.37 bits per heavy atom. The third-order valence-corrected chi connectivity index (χ3v) is 5.33. The first-order valence-electron chi connectivity index (χ1n) is 8.99. The topological polar surface area (TPSA) is 79.2 Å². The molecule has 9 heteroatoms. The number of halogens is 1. The van der Waals surface area contributed by atoms with E-state index in [0.29, 0.717) is 17.6 Å². The number of carbonyl (C=O) groups is 1. The van der Waals surface area contributed by atoms with E-state index in [1.807, 2.05) is 20.9 Å². The standard InChI is InChI=1S/C18H26ClN7O/c1-11-12(2)22-16(18(27)24(3)4)23-17(11)26-7-6-13(10-26)20-9-15-14(19)8-21-25(15)5/h8,13,20H,6-7,9-10H2,1-5H3/t13-/m1/s1. The molecule has 1 aliphatic heterocycles. The van der Waals surface area contributed by atoms with E-state index < -0.39 is 0 Å². The lowest BCUT2D eigenvalue weighted by Crippen LogP contribution is -2.33. The van der Waals surface area contributed by atoms with Crippen LogP contribution in [0.4, 0.5) is 5.82 Å². The minimum Gasteiger partial charge on any atom is -0.355 e. The summed E-state index contributed by atoms with van der Waals surface area (Å²) in [5.41, 5.74) is 2.83. The van der Waals surface area contributed by atoms with Crippen molar-refractivity contribution in [3.05, 3.63) is 34.0 Å². The lowest BCUT2D eigenvalue weighted by atomic mass is 10.2. The van der Waals surface area contributed by atoms with Crippen molar-refractivity contribution in [1.29, 1.82) is 0 Å². The number of nitrogens with one attached hydrogen (secondary N) is 1. The molecule has 1 amide bonds. The number of nitrogens with zero attached hydrogens (tertiary/aromatic N) is 6. The number of carbonyl (C=O) groups excluding carboxylic acids is 1. The molecule has 1 saturated heterocycles. The molecule has 1 fully saturated rings. The molecule has 0 spiro atoms. The van der Waals surface area contributed by atoms with Gasteiger partial charge in [0, 0.05) is 58.1 Å². The quantitative estimate of drug-likeness (QED) is 0.833. The lowest BCUT2D eigenvalue weighted by Gasteiger charge is -2.22. The Kier molecular flexibility index (Phi) is 5.67. The molecule has 0 bridgehead atoms. The molecule has 1 aliphatic rings. The molecule has 3 heterocycles. The Balaban J connectivity index is 1.72. The van der Waals surface area contributed by atoms with Crippen LogP contribution in [0, 0.1) is 13.8 Å². The van der Waals surface area contributed by atoms with Gasteiger partial charge in [-0.05, 0) is 20.3 Å². The molecule has 0 unspecified atom stereocenters. The maximum Gasteiger partial charge on any atom is 0.291 e. The van der Waals surface area contributed by atoms with Crippen LogP contribution in [0.15, 0.2) is 6.20 Å². The zero-order chi connectivity index (χ0) is 19.7. The largest absolute Gasteiger partial charge is 0.355 e. The maximum atomic E-state index is 12.3.